The molecule has 1 aromatic rings. The molecule has 0 saturated carbocycles. The lowest BCUT2D eigenvalue weighted by Crippen LogP contribution is -2.52. The van der Waals surface area contributed by atoms with Gasteiger partial charge in [0.05, 0.1) is 17.9 Å². The zero-order valence-corrected chi connectivity index (χ0v) is 17.7. The van der Waals surface area contributed by atoms with Crippen molar-refractivity contribution >= 4 is 23.6 Å². The molecule has 7 nitrogen and oxygen atoms in total. The Kier molecular flexibility index (Phi) is 6.03. The molecule has 4 atom stereocenters. The largest absolute Gasteiger partial charge is 0.490 e. The third-order valence-electron chi connectivity index (χ3n) is 5.72. The summed E-state index contributed by atoms with van der Waals surface area (Å²) in [5.41, 5.74) is 0.511. The number of benzene rings is 1. The fourth-order valence-electron chi connectivity index (χ4n) is 4.52. The molecule has 2 bridgehead atoms. The lowest BCUT2D eigenvalue weighted by molar-refractivity contribution is -0.192. The molecule has 0 aromatic heterocycles. The average molecular weight is 452 g/mol. The molecule has 1 aromatic carbocycles. The first-order valence-electron chi connectivity index (χ1n) is 9.95. The quantitative estimate of drug-likeness (QED) is 0.693. The van der Waals surface area contributed by atoms with E-state index in [9.17, 15) is 27.6 Å². The molecule has 0 spiro atoms. The zero-order valence-electron chi connectivity index (χ0n) is 17.7. The molecule has 2 saturated heterocycles. The van der Waals surface area contributed by atoms with E-state index in [4.69, 9.17) is 9.90 Å². The second kappa shape index (κ2) is 8.16. The van der Waals surface area contributed by atoms with Crippen LogP contribution in [0.1, 0.15) is 26.3 Å². The molecule has 0 aliphatic carbocycles. The molecule has 2 fully saturated rings. The summed E-state index contributed by atoms with van der Waals surface area (Å²) in [5.74, 6) is -4.20. The Labute approximate surface area is 182 Å². The van der Waals surface area contributed by atoms with Gasteiger partial charge in [0.1, 0.15) is 0 Å². The van der Waals surface area contributed by atoms with Crippen LogP contribution in [0.4, 0.5) is 13.2 Å². The predicted octanol–water partition coefficient (Wildman–Crippen LogP) is 2.41. The number of hydrogen-bond donors (Lipinski definition) is 1. The first kappa shape index (κ1) is 23.6. The fraction of sp³-hybridized carbons (Fsp3) is 0.455. The van der Waals surface area contributed by atoms with E-state index in [1.165, 1.54) is 4.90 Å². The van der Waals surface area contributed by atoms with Gasteiger partial charge >= 0.3 is 12.1 Å². The molecule has 172 valence electrons. The number of fused-ring (bicyclic) bond motifs is 5. The summed E-state index contributed by atoms with van der Waals surface area (Å²) in [6.07, 6.45) is -1.72. The predicted molar refractivity (Wildman–Crippen MR) is 106 cm³/mol. The lowest BCUT2D eigenvalue weighted by atomic mass is 9.90. The standard InChI is InChI=1S/C20H22N2O3.C2HF3O2/c1-20(2,3)22-18(24)15-13-9-10-14(23)17(16(15)19(22)25)21(13)11-12-7-5-4-6-8-12;3-2(4,5)1(6)7/h4-10,13,15-17H,11H2,1-3H3;(H,6,7). The lowest BCUT2D eigenvalue weighted by Gasteiger charge is -2.36. The Morgan fingerprint density at radius 2 is 1.53 bits per heavy atom. The number of carboxylic acid groups (broad SMARTS) is 1. The second-order valence-corrected chi connectivity index (χ2v) is 8.89. The number of carbonyl (C=O) groups excluding carboxylic acids is 3. The van der Waals surface area contributed by atoms with Crippen molar-refractivity contribution in [3.8, 4) is 0 Å². The Morgan fingerprint density at radius 1 is 1.00 bits per heavy atom. The van der Waals surface area contributed by atoms with Crippen LogP contribution in [0.3, 0.4) is 0 Å². The third-order valence-corrected chi connectivity index (χ3v) is 5.72. The number of carboxylic acids is 1. The Morgan fingerprint density at radius 3 is 2.03 bits per heavy atom. The van der Waals surface area contributed by atoms with Crippen LogP contribution in [0.2, 0.25) is 0 Å². The van der Waals surface area contributed by atoms with Gasteiger partial charge in [0.25, 0.3) is 0 Å². The highest BCUT2D eigenvalue weighted by atomic mass is 19.4. The van der Waals surface area contributed by atoms with E-state index in [0.29, 0.717) is 6.54 Å². The number of rotatable bonds is 2. The van der Waals surface area contributed by atoms with Crippen molar-refractivity contribution in [1.29, 1.82) is 0 Å². The highest BCUT2D eigenvalue weighted by Gasteiger charge is 2.65. The molecule has 32 heavy (non-hydrogen) atoms. The van der Waals surface area contributed by atoms with Crippen LogP contribution in [-0.2, 0) is 25.7 Å². The van der Waals surface area contributed by atoms with E-state index in [0.717, 1.165) is 5.56 Å². The van der Waals surface area contributed by atoms with Crippen LogP contribution >= 0.6 is 0 Å². The zero-order chi connectivity index (χ0) is 24.0. The molecular formula is C22H23F3N2O5. The van der Waals surface area contributed by atoms with Gasteiger partial charge in [-0.2, -0.15) is 13.2 Å². The number of aliphatic carboxylic acids is 1. The van der Waals surface area contributed by atoms with Crippen molar-refractivity contribution in [1.82, 2.24) is 9.80 Å². The summed E-state index contributed by atoms with van der Waals surface area (Å²) in [6.45, 7) is 6.15. The maximum Gasteiger partial charge on any atom is 0.490 e. The fourth-order valence-corrected chi connectivity index (χ4v) is 4.52. The SMILES string of the molecule is CC(C)(C)N1C(=O)C2C(C1=O)C1C(=O)C=CC2N1Cc1ccccc1.O=C(O)C(F)(F)F. The average Bonchev–Trinajstić information content (AvgIpc) is 3.06. The van der Waals surface area contributed by atoms with E-state index in [1.54, 1.807) is 6.08 Å². The van der Waals surface area contributed by atoms with Gasteiger partial charge in [-0.1, -0.05) is 36.4 Å². The summed E-state index contributed by atoms with van der Waals surface area (Å²) >= 11 is 0. The van der Waals surface area contributed by atoms with E-state index in [1.807, 2.05) is 62.1 Å². The van der Waals surface area contributed by atoms with Crippen molar-refractivity contribution in [3.05, 3.63) is 48.0 Å². The van der Waals surface area contributed by atoms with Gasteiger partial charge in [-0.25, -0.2) is 4.79 Å². The summed E-state index contributed by atoms with van der Waals surface area (Å²) in [5, 5.41) is 7.12. The summed E-state index contributed by atoms with van der Waals surface area (Å²) in [6, 6.07) is 9.13. The van der Waals surface area contributed by atoms with Crippen LogP contribution in [0, 0.1) is 11.8 Å². The molecular weight excluding hydrogens is 429 g/mol. The molecule has 4 unspecified atom stereocenters. The molecule has 0 radical (unpaired) electrons. The maximum atomic E-state index is 13.0. The normalized spacial score (nSPS) is 27.3. The topological polar surface area (TPSA) is 95.0 Å². The monoisotopic (exact) mass is 452 g/mol. The minimum Gasteiger partial charge on any atom is -0.475 e. The molecule has 3 heterocycles. The van der Waals surface area contributed by atoms with E-state index < -0.39 is 35.6 Å². The number of nitrogens with zero attached hydrogens (tertiary/aromatic N) is 2. The van der Waals surface area contributed by atoms with E-state index in [-0.39, 0.29) is 23.6 Å². The molecule has 2 amide bonds. The number of likely N-dealkylation sites (tertiary alicyclic amines) is 1. The van der Waals surface area contributed by atoms with Crippen molar-refractivity contribution in [2.24, 2.45) is 11.8 Å². The molecule has 3 aliphatic heterocycles. The number of alkyl halides is 3. The Balaban J connectivity index is 0.000000360. The van der Waals surface area contributed by atoms with Crippen LogP contribution in [0.25, 0.3) is 0 Å². The van der Waals surface area contributed by atoms with Crippen LogP contribution in [-0.4, -0.2) is 62.3 Å². The van der Waals surface area contributed by atoms with Crippen molar-refractivity contribution in [2.45, 2.75) is 51.1 Å². The smallest absolute Gasteiger partial charge is 0.475 e. The van der Waals surface area contributed by atoms with Gasteiger partial charge < -0.3 is 5.11 Å². The second-order valence-electron chi connectivity index (χ2n) is 8.89. The van der Waals surface area contributed by atoms with Crippen LogP contribution < -0.4 is 0 Å². The summed E-state index contributed by atoms with van der Waals surface area (Å²) in [7, 11) is 0. The first-order chi connectivity index (χ1) is 14.7. The summed E-state index contributed by atoms with van der Waals surface area (Å²) in [4.78, 5) is 50.9. The third kappa shape index (κ3) is 4.19. The summed E-state index contributed by atoms with van der Waals surface area (Å²) < 4.78 is 31.7. The molecule has 1 N–H and O–H groups in total. The number of carbonyl (C=O) groups is 4. The molecule has 4 rings (SSSR count). The van der Waals surface area contributed by atoms with Crippen LogP contribution in [0.5, 0.6) is 0 Å². The molecule has 10 heteroatoms. The Hall–Kier alpha value is -3.01. The van der Waals surface area contributed by atoms with Gasteiger partial charge in [-0.05, 0) is 32.4 Å². The minimum atomic E-state index is -5.08. The number of hydrogen-bond acceptors (Lipinski definition) is 5. The van der Waals surface area contributed by atoms with Crippen molar-refractivity contribution in [2.75, 3.05) is 0 Å². The van der Waals surface area contributed by atoms with Gasteiger partial charge in [0.15, 0.2) is 5.78 Å². The number of ketones is 1. The van der Waals surface area contributed by atoms with Gasteiger partial charge in [0, 0.05) is 18.1 Å². The van der Waals surface area contributed by atoms with E-state index >= 15 is 0 Å². The Bertz CT molecular complexity index is 968. The number of halogens is 3. The van der Waals surface area contributed by atoms with Crippen molar-refractivity contribution < 1.29 is 37.5 Å². The molecule has 3 aliphatic rings. The highest BCUT2D eigenvalue weighted by molar-refractivity contribution is 6.12. The number of amides is 2. The maximum absolute atomic E-state index is 13.0. The van der Waals surface area contributed by atoms with Gasteiger partial charge in [0.2, 0.25) is 11.8 Å². The highest BCUT2D eigenvalue weighted by Crippen LogP contribution is 2.47. The van der Waals surface area contributed by atoms with Crippen LogP contribution in [0.15, 0.2) is 42.5 Å². The van der Waals surface area contributed by atoms with Gasteiger partial charge in [-0.3, -0.25) is 24.2 Å². The van der Waals surface area contributed by atoms with Gasteiger partial charge in [-0.15, -0.1) is 0 Å². The van der Waals surface area contributed by atoms with E-state index in [2.05, 4.69) is 0 Å². The van der Waals surface area contributed by atoms with Crippen molar-refractivity contribution in [3.63, 3.8) is 0 Å². The number of imide groups is 1. The minimum absolute atomic E-state index is 0.0726. The first-order valence-corrected chi connectivity index (χ1v) is 9.95.